The van der Waals surface area contributed by atoms with Crippen molar-refractivity contribution in [1.82, 2.24) is 4.98 Å². The predicted octanol–water partition coefficient (Wildman–Crippen LogP) is 5.63. The summed E-state index contributed by atoms with van der Waals surface area (Å²) in [7, 11) is 0. The van der Waals surface area contributed by atoms with Gasteiger partial charge in [-0.25, -0.2) is 4.98 Å². The molecule has 2 aromatic rings. The second-order valence-electron chi connectivity index (χ2n) is 4.36. The molecule has 0 aliphatic rings. The number of aromatic nitrogens is 1. The second-order valence-corrected chi connectivity index (χ2v) is 5.96. The first-order chi connectivity index (χ1) is 8.97. The van der Waals surface area contributed by atoms with Gasteiger partial charge in [0.1, 0.15) is 4.60 Å². The van der Waals surface area contributed by atoms with Crippen molar-refractivity contribution in [2.75, 3.05) is 5.32 Å². The lowest BCUT2D eigenvalue weighted by molar-refractivity contribution is 0.882. The van der Waals surface area contributed by atoms with Crippen LogP contribution in [0.1, 0.15) is 24.1 Å². The molecule has 1 atom stereocenters. The van der Waals surface area contributed by atoms with Crippen LogP contribution in [0.25, 0.3) is 0 Å². The Labute approximate surface area is 131 Å². The van der Waals surface area contributed by atoms with E-state index in [1.54, 1.807) is 12.3 Å². The molecule has 2 rings (SSSR count). The van der Waals surface area contributed by atoms with Crippen molar-refractivity contribution in [1.29, 1.82) is 0 Å². The monoisotopic (exact) mass is 358 g/mol. The zero-order valence-corrected chi connectivity index (χ0v) is 13.6. The number of rotatable bonds is 3. The number of pyridine rings is 1. The lowest BCUT2D eigenvalue weighted by Crippen LogP contribution is -2.07. The zero-order valence-electron chi connectivity index (χ0n) is 10.5. The van der Waals surface area contributed by atoms with Crippen molar-refractivity contribution in [3.8, 4) is 0 Å². The third kappa shape index (κ3) is 3.62. The molecule has 0 saturated carbocycles. The molecule has 1 aromatic carbocycles. The fourth-order valence-corrected chi connectivity index (χ4v) is 2.61. The molecule has 0 amide bonds. The average molecular weight is 360 g/mol. The van der Waals surface area contributed by atoms with Gasteiger partial charge in [-0.2, -0.15) is 0 Å². The van der Waals surface area contributed by atoms with E-state index in [2.05, 4.69) is 26.2 Å². The molecular weight excluding hydrogens is 347 g/mol. The van der Waals surface area contributed by atoms with Crippen molar-refractivity contribution in [3.05, 3.63) is 56.2 Å². The number of nitrogens with one attached hydrogen (secondary N) is 1. The third-order valence-electron chi connectivity index (χ3n) is 2.83. The van der Waals surface area contributed by atoms with E-state index in [0.29, 0.717) is 10.0 Å². The van der Waals surface area contributed by atoms with Gasteiger partial charge < -0.3 is 5.32 Å². The minimum atomic E-state index is 0.0761. The Morgan fingerprint density at radius 1 is 1.26 bits per heavy atom. The largest absolute Gasteiger partial charge is 0.377 e. The summed E-state index contributed by atoms with van der Waals surface area (Å²) in [6, 6.07) is 7.64. The maximum atomic E-state index is 6.20. The molecule has 0 spiro atoms. The molecule has 1 N–H and O–H groups in total. The Kier molecular flexibility index (Phi) is 4.71. The van der Waals surface area contributed by atoms with Gasteiger partial charge in [0.2, 0.25) is 0 Å². The van der Waals surface area contributed by atoms with Gasteiger partial charge in [0.05, 0.1) is 17.9 Å². The van der Waals surface area contributed by atoms with Crippen molar-refractivity contribution in [2.45, 2.75) is 19.9 Å². The van der Waals surface area contributed by atoms with Crippen LogP contribution in [0.2, 0.25) is 10.0 Å². The summed E-state index contributed by atoms with van der Waals surface area (Å²) < 4.78 is 0.857. The maximum absolute atomic E-state index is 6.20. The highest BCUT2D eigenvalue weighted by Gasteiger charge is 2.10. The molecule has 0 fully saturated rings. The van der Waals surface area contributed by atoms with E-state index in [4.69, 9.17) is 23.2 Å². The highest BCUT2D eigenvalue weighted by Crippen LogP contribution is 2.29. The van der Waals surface area contributed by atoms with E-state index in [-0.39, 0.29) is 6.04 Å². The molecule has 1 unspecified atom stereocenters. The van der Waals surface area contributed by atoms with Gasteiger partial charge in [0, 0.05) is 10.0 Å². The molecule has 1 heterocycles. The second kappa shape index (κ2) is 6.12. The number of aryl methyl sites for hydroxylation is 1. The number of nitrogens with zero attached hydrogens (tertiary/aromatic N) is 1. The van der Waals surface area contributed by atoms with Crippen LogP contribution in [0.15, 0.2) is 35.1 Å². The van der Waals surface area contributed by atoms with Crippen LogP contribution in [-0.4, -0.2) is 4.98 Å². The van der Waals surface area contributed by atoms with Crippen molar-refractivity contribution in [2.24, 2.45) is 0 Å². The normalized spacial score (nSPS) is 12.3. The topological polar surface area (TPSA) is 24.9 Å². The van der Waals surface area contributed by atoms with Crippen LogP contribution < -0.4 is 5.32 Å². The summed E-state index contributed by atoms with van der Waals surface area (Å²) in [4.78, 5) is 4.26. The molecule has 19 heavy (non-hydrogen) atoms. The van der Waals surface area contributed by atoms with Crippen LogP contribution >= 0.6 is 39.1 Å². The summed E-state index contributed by atoms with van der Waals surface area (Å²) in [5.74, 6) is 0. The van der Waals surface area contributed by atoms with Gasteiger partial charge in [-0.3, -0.25) is 0 Å². The first-order valence-electron chi connectivity index (χ1n) is 5.81. The highest BCUT2D eigenvalue weighted by atomic mass is 79.9. The van der Waals surface area contributed by atoms with E-state index in [1.807, 2.05) is 32.0 Å². The summed E-state index contributed by atoms with van der Waals surface area (Å²) in [5, 5.41) is 4.68. The zero-order chi connectivity index (χ0) is 14.0. The molecular formula is C14H13BrCl2N2. The van der Waals surface area contributed by atoms with Crippen LogP contribution in [0.4, 0.5) is 5.69 Å². The molecule has 0 aliphatic carbocycles. The fourth-order valence-electron chi connectivity index (χ4n) is 1.82. The van der Waals surface area contributed by atoms with Gasteiger partial charge in [0.15, 0.2) is 0 Å². The van der Waals surface area contributed by atoms with E-state index < -0.39 is 0 Å². The molecule has 0 bridgehead atoms. The van der Waals surface area contributed by atoms with E-state index >= 15 is 0 Å². The maximum Gasteiger partial charge on any atom is 0.109 e. The van der Waals surface area contributed by atoms with Gasteiger partial charge in [0.25, 0.3) is 0 Å². The molecule has 0 saturated heterocycles. The highest BCUT2D eigenvalue weighted by molar-refractivity contribution is 9.10. The molecule has 1 aromatic heterocycles. The number of hydrogen-bond donors (Lipinski definition) is 1. The number of hydrogen-bond acceptors (Lipinski definition) is 2. The number of halogens is 3. The number of anilines is 1. The summed E-state index contributed by atoms with van der Waals surface area (Å²) in [6.45, 7) is 4.05. The van der Waals surface area contributed by atoms with E-state index in [9.17, 15) is 0 Å². The van der Waals surface area contributed by atoms with Crippen LogP contribution in [0.3, 0.4) is 0 Å². The molecule has 5 heteroatoms. The Bertz CT molecular complexity index is 602. The molecule has 2 nitrogen and oxygen atoms in total. The lowest BCUT2D eigenvalue weighted by atomic mass is 10.1. The first-order valence-corrected chi connectivity index (χ1v) is 7.36. The van der Waals surface area contributed by atoms with Crippen molar-refractivity contribution in [3.63, 3.8) is 0 Å². The quantitative estimate of drug-likeness (QED) is 0.718. The minimum absolute atomic E-state index is 0.0761. The van der Waals surface area contributed by atoms with Crippen molar-refractivity contribution < 1.29 is 0 Å². The lowest BCUT2D eigenvalue weighted by Gasteiger charge is -2.17. The van der Waals surface area contributed by atoms with Crippen molar-refractivity contribution >= 4 is 44.8 Å². The number of benzene rings is 1. The summed E-state index contributed by atoms with van der Waals surface area (Å²) >= 11 is 15.5. The Hall–Kier alpha value is -0.770. The Balaban J connectivity index is 2.20. The minimum Gasteiger partial charge on any atom is -0.377 e. The average Bonchev–Trinajstić information content (AvgIpc) is 2.33. The predicted molar refractivity (Wildman–Crippen MR) is 85.2 cm³/mol. The summed E-state index contributed by atoms with van der Waals surface area (Å²) in [6.07, 6.45) is 1.79. The Morgan fingerprint density at radius 2 is 2.00 bits per heavy atom. The van der Waals surface area contributed by atoms with E-state index in [0.717, 1.165) is 21.4 Å². The fraction of sp³-hybridized carbons (Fsp3) is 0.214. The van der Waals surface area contributed by atoms with Gasteiger partial charge >= 0.3 is 0 Å². The third-order valence-corrected chi connectivity index (χ3v) is 4.22. The standard InChI is InChI=1S/C14H13BrCl2N2/c1-8-5-11(7-18-14(8)15)19-9(2)12-4-3-10(16)6-13(12)17/h3-7,9,19H,1-2H3. The summed E-state index contributed by atoms with van der Waals surface area (Å²) in [5.41, 5.74) is 3.05. The Morgan fingerprint density at radius 3 is 2.63 bits per heavy atom. The molecule has 100 valence electrons. The van der Waals surface area contributed by atoms with Crippen LogP contribution in [0.5, 0.6) is 0 Å². The first kappa shape index (κ1) is 14.6. The smallest absolute Gasteiger partial charge is 0.109 e. The van der Waals surface area contributed by atoms with Crippen LogP contribution in [-0.2, 0) is 0 Å². The molecule has 0 radical (unpaired) electrons. The van der Waals surface area contributed by atoms with E-state index in [1.165, 1.54) is 0 Å². The SMILES string of the molecule is Cc1cc(NC(C)c2ccc(Cl)cc2Cl)cnc1Br. The molecule has 0 aliphatic heterocycles. The van der Waals surface area contributed by atoms with Crippen LogP contribution in [0, 0.1) is 6.92 Å². The van der Waals surface area contributed by atoms with Gasteiger partial charge in [-0.15, -0.1) is 0 Å². The van der Waals surface area contributed by atoms with Gasteiger partial charge in [-0.1, -0.05) is 29.3 Å². The van der Waals surface area contributed by atoms with Gasteiger partial charge in [-0.05, 0) is 59.1 Å².